The van der Waals surface area contributed by atoms with Crippen molar-refractivity contribution < 1.29 is 29.3 Å². The van der Waals surface area contributed by atoms with Gasteiger partial charge in [-0.3, -0.25) is 14.2 Å². The van der Waals surface area contributed by atoms with Crippen LogP contribution in [0.2, 0.25) is 0 Å². The molecular weight excluding hydrogens is 454 g/mol. The van der Waals surface area contributed by atoms with Gasteiger partial charge in [0.25, 0.3) is 5.56 Å². The molecule has 4 heterocycles. The second kappa shape index (κ2) is 7.88. The molecule has 2 aliphatic heterocycles. The maximum absolute atomic E-state index is 13.7. The number of allylic oxidation sites excluding steroid dienone is 1. The number of hydrogen-bond donors (Lipinski definition) is 3. The number of carboxylic acid groups (broad SMARTS) is 1. The number of fused-ring (bicyclic) bond motifs is 5. The number of rotatable bonds is 4. The average molecular weight is 475 g/mol. The lowest BCUT2D eigenvalue weighted by Gasteiger charge is -2.32. The fraction of sp³-hybridized carbons (Fsp3) is 0.240. The summed E-state index contributed by atoms with van der Waals surface area (Å²) < 4.78 is 6.47. The van der Waals surface area contributed by atoms with Crippen LogP contribution < -0.4 is 10.9 Å². The number of nitrogens with one attached hydrogen (secondary N) is 1. The number of amides is 1. The van der Waals surface area contributed by atoms with Gasteiger partial charge in [-0.25, -0.2) is 14.6 Å². The van der Waals surface area contributed by atoms with Crippen molar-refractivity contribution in [2.24, 2.45) is 0 Å². The van der Waals surface area contributed by atoms with E-state index in [9.17, 15) is 29.4 Å². The molecule has 0 saturated heterocycles. The minimum Gasteiger partial charge on any atom is -0.477 e. The van der Waals surface area contributed by atoms with Crippen LogP contribution in [0.5, 0.6) is 0 Å². The summed E-state index contributed by atoms with van der Waals surface area (Å²) in [6.07, 6.45) is 1.28. The van der Waals surface area contributed by atoms with Gasteiger partial charge in [0.2, 0.25) is 5.91 Å². The fourth-order valence-electron chi connectivity index (χ4n) is 4.71. The number of carbonyl (C=O) groups is 3. The Bertz CT molecular complexity index is 1540. The van der Waals surface area contributed by atoms with E-state index in [4.69, 9.17) is 9.72 Å². The Morgan fingerprint density at radius 3 is 2.71 bits per heavy atom. The fourth-order valence-corrected chi connectivity index (χ4v) is 4.71. The van der Waals surface area contributed by atoms with Gasteiger partial charge < -0.3 is 20.3 Å². The molecule has 3 N–H and O–H groups in total. The largest absolute Gasteiger partial charge is 0.477 e. The highest BCUT2D eigenvalue weighted by Crippen LogP contribution is 2.43. The van der Waals surface area contributed by atoms with Gasteiger partial charge in [0.1, 0.15) is 12.3 Å². The molecule has 0 bridgehead atoms. The number of aromatic nitrogens is 2. The predicted molar refractivity (Wildman–Crippen MR) is 123 cm³/mol. The monoisotopic (exact) mass is 475 g/mol. The van der Waals surface area contributed by atoms with Crippen molar-refractivity contribution in [2.75, 3.05) is 0 Å². The smallest absolute Gasteiger partial charge is 0.352 e. The Morgan fingerprint density at radius 1 is 1.29 bits per heavy atom. The molecule has 0 aliphatic carbocycles. The van der Waals surface area contributed by atoms with Crippen LogP contribution in [-0.4, -0.2) is 37.6 Å². The van der Waals surface area contributed by atoms with Crippen molar-refractivity contribution in [2.45, 2.75) is 38.5 Å². The van der Waals surface area contributed by atoms with Crippen LogP contribution in [0.3, 0.4) is 0 Å². The maximum Gasteiger partial charge on any atom is 0.352 e. The van der Waals surface area contributed by atoms with Crippen LogP contribution >= 0.6 is 0 Å². The number of carbonyl (C=O) groups excluding carboxylic acids is 2. The van der Waals surface area contributed by atoms with E-state index in [0.29, 0.717) is 22.5 Å². The summed E-state index contributed by atoms with van der Waals surface area (Å²) in [5.74, 6) is -2.78. The third kappa shape index (κ3) is 3.33. The number of aliphatic carboxylic acids is 1. The molecule has 1 unspecified atom stereocenters. The lowest BCUT2D eigenvalue weighted by atomic mass is 9.86. The van der Waals surface area contributed by atoms with E-state index in [0.717, 1.165) is 5.39 Å². The summed E-state index contributed by atoms with van der Waals surface area (Å²) in [4.78, 5) is 54.3. The van der Waals surface area contributed by atoms with Gasteiger partial charge in [-0.2, -0.15) is 0 Å². The molecule has 3 aromatic rings. The van der Waals surface area contributed by atoms with Gasteiger partial charge in [0, 0.05) is 23.4 Å². The third-order valence-corrected chi connectivity index (χ3v) is 6.44. The van der Waals surface area contributed by atoms with Gasteiger partial charge in [-0.1, -0.05) is 25.1 Å². The standard InChI is InChI=1S/C25H21N3O7/c1-3-25(34)16-9-20-21-14(8-13-6-4-5-7-17(13)27-21)19(10-18(23(31)32)26-12(2)29)28(20)22(30)15(16)11-35-24(25)33/h4-10,19,34H,3,11H2,1-2H3,(H,26,29)(H,31,32)/b18-10-/t19?,25-/m0/s1. The first-order valence-electron chi connectivity index (χ1n) is 11.0. The maximum atomic E-state index is 13.7. The van der Waals surface area contributed by atoms with Crippen LogP contribution in [0.4, 0.5) is 0 Å². The lowest BCUT2D eigenvalue weighted by molar-refractivity contribution is -0.172. The summed E-state index contributed by atoms with van der Waals surface area (Å²) in [5, 5.41) is 23.8. The summed E-state index contributed by atoms with van der Waals surface area (Å²) in [6, 6.07) is 9.74. The lowest BCUT2D eigenvalue weighted by Crippen LogP contribution is -2.44. The van der Waals surface area contributed by atoms with E-state index in [1.807, 2.05) is 24.3 Å². The molecule has 5 rings (SSSR count). The molecule has 0 saturated carbocycles. The summed E-state index contributed by atoms with van der Waals surface area (Å²) in [6.45, 7) is 2.47. The molecule has 0 spiro atoms. The Hall–Kier alpha value is -4.31. The Morgan fingerprint density at radius 2 is 2.03 bits per heavy atom. The molecule has 2 aromatic heterocycles. The van der Waals surface area contributed by atoms with Crippen molar-refractivity contribution >= 4 is 28.7 Å². The minimum atomic E-state index is -1.99. The van der Waals surface area contributed by atoms with Crippen LogP contribution in [0.1, 0.15) is 43.0 Å². The van der Waals surface area contributed by atoms with Gasteiger partial charge in [-0.15, -0.1) is 0 Å². The highest BCUT2D eigenvalue weighted by Gasteiger charge is 2.46. The van der Waals surface area contributed by atoms with Gasteiger partial charge in [0.15, 0.2) is 5.60 Å². The topological polar surface area (TPSA) is 148 Å². The van der Waals surface area contributed by atoms with E-state index < -0.39 is 40.7 Å². The zero-order valence-corrected chi connectivity index (χ0v) is 18.9. The van der Waals surface area contributed by atoms with E-state index in [1.54, 1.807) is 19.1 Å². The quantitative estimate of drug-likeness (QED) is 0.382. The molecule has 0 radical (unpaired) electrons. The number of cyclic esters (lactones) is 1. The number of benzene rings is 1. The molecule has 178 valence electrons. The number of pyridine rings is 2. The number of esters is 1. The van der Waals surface area contributed by atoms with Crippen LogP contribution in [0.25, 0.3) is 22.3 Å². The van der Waals surface area contributed by atoms with Crippen molar-refractivity contribution in [3.63, 3.8) is 0 Å². The zero-order chi connectivity index (χ0) is 25.1. The molecule has 0 fully saturated rings. The van der Waals surface area contributed by atoms with Crippen LogP contribution in [-0.2, 0) is 31.3 Å². The average Bonchev–Trinajstić information content (AvgIpc) is 3.12. The first-order chi connectivity index (χ1) is 16.7. The van der Waals surface area contributed by atoms with Gasteiger partial charge in [0.05, 0.1) is 28.5 Å². The molecular formula is C25H21N3O7. The zero-order valence-electron chi connectivity index (χ0n) is 18.9. The molecule has 35 heavy (non-hydrogen) atoms. The number of hydrogen-bond acceptors (Lipinski definition) is 7. The summed E-state index contributed by atoms with van der Waals surface area (Å²) >= 11 is 0. The second-order valence-corrected chi connectivity index (χ2v) is 8.52. The molecule has 1 amide bonds. The van der Waals surface area contributed by atoms with Crippen molar-refractivity contribution in [1.82, 2.24) is 14.9 Å². The van der Waals surface area contributed by atoms with Gasteiger partial charge in [-0.05, 0) is 30.7 Å². The van der Waals surface area contributed by atoms with Crippen LogP contribution in [0.15, 0.2) is 53.0 Å². The number of para-hydroxylation sites is 1. The number of carboxylic acids is 1. The van der Waals surface area contributed by atoms with E-state index >= 15 is 0 Å². The normalized spacial score (nSPS) is 20.6. The highest BCUT2D eigenvalue weighted by molar-refractivity contribution is 5.92. The van der Waals surface area contributed by atoms with Crippen molar-refractivity contribution in [1.29, 1.82) is 0 Å². The molecule has 2 atom stereocenters. The third-order valence-electron chi connectivity index (χ3n) is 6.44. The Balaban J connectivity index is 1.85. The number of aliphatic hydroxyl groups is 1. The first-order valence-corrected chi connectivity index (χ1v) is 11.0. The minimum absolute atomic E-state index is 0.00520. The Labute approximate surface area is 198 Å². The molecule has 10 nitrogen and oxygen atoms in total. The van der Waals surface area contributed by atoms with Crippen LogP contribution in [0, 0.1) is 0 Å². The first kappa shape index (κ1) is 22.5. The Kier molecular flexibility index (Phi) is 5.06. The summed E-state index contributed by atoms with van der Waals surface area (Å²) in [7, 11) is 0. The van der Waals surface area contributed by atoms with E-state index in [-0.39, 0.29) is 24.2 Å². The molecule has 1 aromatic carbocycles. The summed E-state index contributed by atoms with van der Waals surface area (Å²) in [5.41, 5.74) is -0.751. The highest BCUT2D eigenvalue weighted by atomic mass is 16.6. The van der Waals surface area contributed by atoms with E-state index in [1.165, 1.54) is 17.6 Å². The van der Waals surface area contributed by atoms with E-state index in [2.05, 4.69) is 5.32 Å². The van der Waals surface area contributed by atoms with Crippen molar-refractivity contribution in [3.05, 3.63) is 75.2 Å². The second-order valence-electron chi connectivity index (χ2n) is 8.52. The number of ether oxygens (including phenoxy) is 1. The SMILES string of the molecule is CC[C@@]1(O)C(=O)OCc2c1cc1n(c2=O)C(/C=C(\NC(C)=O)C(=O)O)c2cc3ccccc3nc2-1. The number of nitrogens with zero attached hydrogens (tertiary/aromatic N) is 2. The molecule has 2 aliphatic rings. The molecule has 10 heteroatoms. The van der Waals surface area contributed by atoms with Gasteiger partial charge >= 0.3 is 11.9 Å². The predicted octanol–water partition coefficient (Wildman–Crippen LogP) is 1.73. The van der Waals surface area contributed by atoms with Crippen molar-refractivity contribution in [3.8, 4) is 11.4 Å².